The SMILES string of the molecule is c1csc(CCn2ccc3ccccc32)c1. The Bertz CT molecular complexity index is 578. The molecule has 0 fully saturated rings. The van der Waals surface area contributed by atoms with E-state index in [1.165, 1.54) is 15.8 Å². The Balaban J connectivity index is 1.84. The van der Waals surface area contributed by atoms with Crippen molar-refractivity contribution in [2.24, 2.45) is 0 Å². The van der Waals surface area contributed by atoms with Gasteiger partial charge in [0, 0.05) is 23.1 Å². The van der Waals surface area contributed by atoms with Crippen LogP contribution in [0.1, 0.15) is 4.88 Å². The number of rotatable bonds is 3. The van der Waals surface area contributed by atoms with E-state index in [0.29, 0.717) is 0 Å². The van der Waals surface area contributed by atoms with Gasteiger partial charge in [-0.1, -0.05) is 24.3 Å². The van der Waals surface area contributed by atoms with Crippen molar-refractivity contribution >= 4 is 22.2 Å². The van der Waals surface area contributed by atoms with Gasteiger partial charge in [-0.05, 0) is 35.4 Å². The second kappa shape index (κ2) is 4.14. The number of nitrogens with zero attached hydrogens (tertiary/aromatic N) is 1. The first-order valence-electron chi connectivity index (χ1n) is 5.50. The van der Waals surface area contributed by atoms with E-state index in [9.17, 15) is 0 Å². The third kappa shape index (κ3) is 1.76. The fourth-order valence-corrected chi connectivity index (χ4v) is 2.72. The van der Waals surface area contributed by atoms with Crippen molar-refractivity contribution in [3.05, 3.63) is 58.9 Å². The molecule has 0 aliphatic heterocycles. The molecule has 0 saturated heterocycles. The summed E-state index contributed by atoms with van der Waals surface area (Å²) in [6.07, 6.45) is 3.30. The largest absolute Gasteiger partial charge is 0.347 e. The van der Waals surface area contributed by atoms with Crippen LogP contribution in [0.25, 0.3) is 10.9 Å². The number of aromatic nitrogens is 1. The minimum Gasteiger partial charge on any atom is -0.347 e. The summed E-state index contributed by atoms with van der Waals surface area (Å²) in [5, 5.41) is 3.47. The zero-order chi connectivity index (χ0) is 10.8. The average molecular weight is 227 g/mol. The second-order valence-electron chi connectivity index (χ2n) is 3.90. The van der Waals surface area contributed by atoms with Crippen LogP contribution < -0.4 is 0 Å². The van der Waals surface area contributed by atoms with Crippen molar-refractivity contribution in [2.75, 3.05) is 0 Å². The quantitative estimate of drug-likeness (QED) is 0.638. The maximum Gasteiger partial charge on any atom is 0.0480 e. The molecule has 3 aromatic rings. The monoisotopic (exact) mass is 227 g/mol. The number of aryl methyl sites for hydroxylation is 2. The van der Waals surface area contributed by atoms with Gasteiger partial charge in [0.15, 0.2) is 0 Å². The number of fused-ring (bicyclic) bond motifs is 1. The van der Waals surface area contributed by atoms with Gasteiger partial charge in [0.2, 0.25) is 0 Å². The Hall–Kier alpha value is -1.54. The molecule has 0 amide bonds. The number of para-hydroxylation sites is 1. The molecule has 1 aromatic carbocycles. The van der Waals surface area contributed by atoms with E-state index in [2.05, 4.69) is 58.6 Å². The minimum absolute atomic E-state index is 1.06. The third-order valence-electron chi connectivity index (χ3n) is 2.86. The number of benzene rings is 1. The summed E-state index contributed by atoms with van der Waals surface area (Å²) in [7, 11) is 0. The van der Waals surface area contributed by atoms with Crippen molar-refractivity contribution < 1.29 is 0 Å². The molecular weight excluding hydrogens is 214 g/mol. The zero-order valence-corrected chi connectivity index (χ0v) is 9.78. The Morgan fingerprint density at radius 1 is 1.00 bits per heavy atom. The van der Waals surface area contributed by atoms with Crippen molar-refractivity contribution in [2.45, 2.75) is 13.0 Å². The van der Waals surface area contributed by atoms with Crippen LogP contribution in [0, 0.1) is 0 Å². The molecule has 16 heavy (non-hydrogen) atoms. The standard InChI is InChI=1S/C14H13NS/c1-2-6-14-12(4-1)7-9-15(14)10-8-13-5-3-11-16-13/h1-7,9,11H,8,10H2. The summed E-state index contributed by atoms with van der Waals surface area (Å²) in [5.41, 5.74) is 1.33. The van der Waals surface area contributed by atoms with Crippen LogP contribution in [-0.2, 0) is 13.0 Å². The predicted molar refractivity (Wildman–Crippen MR) is 70.0 cm³/mol. The summed E-state index contributed by atoms with van der Waals surface area (Å²) in [5.74, 6) is 0. The molecule has 2 heterocycles. The molecule has 0 aliphatic carbocycles. The van der Waals surface area contributed by atoms with Gasteiger partial charge in [-0.3, -0.25) is 0 Å². The third-order valence-corrected chi connectivity index (χ3v) is 3.80. The van der Waals surface area contributed by atoms with E-state index in [1.54, 1.807) is 0 Å². The van der Waals surface area contributed by atoms with Gasteiger partial charge >= 0.3 is 0 Å². The summed E-state index contributed by atoms with van der Waals surface area (Å²) in [6, 6.07) is 15.0. The molecule has 0 bridgehead atoms. The predicted octanol–water partition coefficient (Wildman–Crippen LogP) is 3.95. The van der Waals surface area contributed by atoms with Gasteiger partial charge in [-0.2, -0.15) is 0 Å². The van der Waals surface area contributed by atoms with Crippen molar-refractivity contribution in [3.63, 3.8) is 0 Å². The van der Waals surface area contributed by atoms with E-state index in [0.717, 1.165) is 13.0 Å². The van der Waals surface area contributed by atoms with Crippen molar-refractivity contribution in [1.29, 1.82) is 0 Å². The lowest BCUT2D eigenvalue weighted by molar-refractivity contribution is 0.730. The fourth-order valence-electron chi connectivity index (χ4n) is 2.02. The summed E-state index contributed by atoms with van der Waals surface area (Å²) in [4.78, 5) is 1.46. The Kier molecular flexibility index (Phi) is 2.50. The number of hydrogen-bond donors (Lipinski definition) is 0. The normalized spacial score (nSPS) is 11.0. The molecule has 0 saturated carbocycles. The maximum absolute atomic E-state index is 2.33. The van der Waals surface area contributed by atoms with Gasteiger partial charge in [-0.25, -0.2) is 0 Å². The van der Waals surface area contributed by atoms with E-state index in [4.69, 9.17) is 0 Å². The molecule has 0 aliphatic rings. The second-order valence-corrected chi connectivity index (χ2v) is 4.93. The molecule has 0 unspecified atom stereocenters. The molecule has 0 N–H and O–H groups in total. The lowest BCUT2D eigenvalue weighted by Crippen LogP contribution is -1.98. The first-order chi connectivity index (χ1) is 7.93. The van der Waals surface area contributed by atoms with Crippen LogP contribution in [0.3, 0.4) is 0 Å². The van der Waals surface area contributed by atoms with Gasteiger partial charge in [0.05, 0.1) is 0 Å². The van der Waals surface area contributed by atoms with E-state index >= 15 is 0 Å². The number of thiophene rings is 1. The van der Waals surface area contributed by atoms with E-state index < -0.39 is 0 Å². The minimum atomic E-state index is 1.06. The molecule has 0 radical (unpaired) electrons. The van der Waals surface area contributed by atoms with E-state index in [1.807, 2.05) is 11.3 Å². The lowest BCUT2D eigenvalue weighted by atomic mass is 10.2. The summed E-state index contributed by atoms with van der Waals surface area (Å²) < 4.78 is 2.33. The molecule has 2 aromatic heterocycles. The topological polar surface area (TPSA) is 4.93 Å². The molecular formula is C14H13NS. The molecule has 0 spiro atoms. The Morgan fingerprint density at radius 3 is 2.81 bits per heavy atom. The highest BCUT2D eigenvalue weighted by molar-refractivity contribution is 7.09. The average Bonchev–Trinajstić information content (AvgIpc) is 2.96. The van der Waals surface area contributed by atoms with Crippen LogP contribution in [0.2, 0.25) is 0 Å². The van der Waals surface area contributed by atoms with Crippen LogP contribution in [-0.4, -0.2) is 4.57 Å². The van der Waals surface area contributed by atoms with Crippen molar-refractivity contribution in [1.82, 2.24) is 4.57 Å². The van der Waals surface area contributed by atoms with E-state index in [-0.39, 0.29) is 0 Å². The molecule has 2 heteroatoms. The van der Waals surface area contributed by atoms with Gasteiger partial charge in [0.25, 0.3) is 0 Å². The molecule has 3 rings (SSSR count). The summed E-state index contributed by atoms with van der Waals surface area (Å²) in [6.45, 7) is 1.06. The fraction of sp³-hybridized carbons (Fsp3) is 0.143. The van der Waals surface area contributed by atoms with Crippen molar-refractivity contribution in [3.8, 4) is 0 Å². The number of hydrogen-bond acceptors (Lipinski definition) is 1. The smallest absolute Gasteiger partial charge is 0.0480 e. The lowest BCUT2D eigenvalue weighted by Gasteiger charge is -2.03. The highest BCUT2D eigenvalue weighted by atomic mass is 32.1. The Labute approximate surface area is 99.0 Å². The van der Waals surface area contributed by atoms with Crippen LogP contribution in [0.5, 0.6) is 0 Å². The summed E-state index contributed by atoms with van der Waals surface area (Å²) >= 11 is 1.84. The zero-order valence-electron chi connectivity index (χ0n) is 8.97. The Morgan fingerprint density at radius 2 is 1.94 bits per heavy atom. The highest BCUT2D eigenvalue weighted by Gasteiger charge is 2.00. The molecule has 1 nitrogen and oxygen atoms in total. The first kappa shape index (κ1) is 9.67. The van der Waals surface area contributed by atoms with Gasteiger partial charge < -0.3 is 4.57 Å². The maximum atomic E-state index is 2.33. The van der Waals surface area contributed by atoms with Crippen LogP contribution in [0.4, 0.5) is 0 Å². The highest BCUT2D eigenvalue weighted by Crippen LogP contribution is 2.17. The molecule has 80 valence electrons. The molecule has 0 atom stereocenters. The van der Waals surface area contributed by atoms with Gasteiger partial charge in [0.1, 0.15) is 0 Å². The van der Waals surface area contributed by atoms with Gasteiger partial charge in [-0.15, -0.1) is 11.3 Å². The van der Waals surface area contributed by atoms with Crippen LogP contribution >= 0.6 is 11.3 Å². The van der Waals surface area contributed by atoms with Crippen LogP contribution in [0.15, 0.2) is 54.0 Å². The first-order valence-corrected chi connectivity index (χ1v) is 6.38.